The fraction of sp³-hybridized carbons (Fsp3) is 0.706. The standard InChI is InChI=1S/C17H25N4O7P/c1-17-11-21(25-10-9-24-2)13(14(17)28-29(3)26-8-4-6-18)15(27-17)20-7-5-12(22)19-16(20)23/h5,7,13-15H,4,8-11H2,1-3H3,(H,19,22,23)/t13-,14+,15-,17+,29?/m1/s1/i1D. The number of fused-ring (bicyclic) bond motifs is 2. The highest BCUT2D eigenvalue weighted by molar-refractivity contribution is 7.46. The third-order valence-electron chi connectivity index (χ3n) is 4.65. The van der Waals surface area contributed by atoms with Crippen LogP contribution in [0.3, 0.4) is 0 Å². The van der Waals surface area contributed by atoms with Crippen LogP contribution in [0.5, 0.6) is 0 Å². The summed E-state index contributed by atoms with van der Waals surface area (Å²) < 4.78 is 32.3. The molecule has 2 aliphatic heterocycles. The van der Waals surface area contributed by atoms with Crippen LogP contribution >= 0.6 is 8.38 Å². The highest BCUT2D eigenvalue weighted by atomic mass is 31.2. The minimum atomic E-state index is -1.36. The highest BCUT2D eigenvalue weighted by Gasteiger charge is 2.64. The van der Waals surface area contributed by atoms with Crippen molar-refractivity contribution in [3.63, 3.8) is 0 Å². The maximum absolute atomic E-state index is 12.4. The van der Waals surface area contributed by atoms with Crippen molar-refractivity contribution in [3.05, 3.63) is 33.1 Å². The van der Waals surface area contributed by atoms with E-state index in [9.17, 15) is 9.59 Å². The maximum Gasteiger partial charge on any atom is 0.330 e. The van der Waals surface area contributed by atoms with Crippen molar-refractivity contribution in [2.75, 3.05) is 40.1 Å². The van der Waals surface area contributed by atoms with Gasteiger partial charge in [0.1, 0.15) is 17.7 Å². The van der Waals surface area contributed by atoms with E-state index in [1.807, 2.05) is 6.07 Å². The average Bonchev–Trinajstić information content (AvgIpc) is 3.17. The first-order valence-electron chi connectivity index (χ1n) is 9.74. The lowest BCUT2D eigenvalue weighted by Crippen LogP contribution is -2.47. The SMILES string of the molecule is [2H]C[C@@]12CN(OCCOC)[C@@H]([C@H](n3ccc(=O)[nH]c3=O)O1)[C@@H]2OP(C)OCCC#N. The number of H-pyrrole nitrogens is 1. The van der Waals surface area contributed by atoms with Crippen molar-refractivity contribution in [2.45, 2.75) is 37.3 Å². The van der Waals surface area contributed by atoms with Gasteiger partial charge in [0.05, 0.1) is 38.9 Å². The molecule has 3 heterocycles. The summed E-state index contributed by atoms with van der Waals surface area (Å²) in [5.41, 5.74) is -2.19. The van der Waals surface area contributed by atoms with Crippen molar-refractivity contribution >= 4 is 8.38 Å². The third-order valence-corrected chi connectivity index (χ3v) is 5.72. The summed E-state index contributed by atoms with van der Waals surface area (Å²) in [6.45, 7) is 2.78. The van der Waals surface area contributed by atoms with Crippen molar-refractivity contribution in [1.82, 2.24) is 14.6 Å². The number of ether oxygens (including phenoxy) is 2. The molecule has 1 unspecified atom stereocenters. The van der Waals surface area contributed by atoms with Crippen LogP contribution in [0.1, 0.15) is 20.9 Å². The second-order valence-corrected chi connectivity index (χ2v) is 8.04. The van der Waals surface area contributed by atoms with Gasteiger partial charge in [-0.2, -0.15) is 10.3 Å². The number of nitrogens with zero attached hydrogens (tertiary/aromatic N) is 3. The van der Waals surface area contributed by atoms with Crippen LogP contribution in [0.2, 0.25) is 0 Å². The van der Waals surface area contributed by atoms with Crippen LogP contribution in [0.4, 0.5) is 0 Å². The Bertz CT molecular complexity index is 877. The molecule has 12 heteroatoms. The quantitative estimate of drug-likeness (QED) is 0.414. The van der Waals surface area contributed by atoms with Crippen LogP contribution in [0.25, 0.3) is 0 Å². The van der Waals surface area contributed by atoms with Crippen LogP contribution in [-0.4, -0.2) is 72.5 Å². The average molecular weight is 429 g/mol. The summed E-state index contributed by atoms with van der Waals surface area (Å²) in [5.74, 6) is 0. The number of morpholine rings is 1. The number of hydrogen-bond acceptors (Lipinski definition) is 9. The van der Waals surface area contributed by atoms with E-state index in [1.54, 1.807) is 18.8 Å². The zero-order valence-electron chi connectivity index (χ0n) is 17.3. The molecule has 2 saturated heterocycles. The van der Waals surface area contributed by atoms with Crippen molar-refractivity contribution in [3.8, 4) is 6.07 Å². The fourth-order valence-electron chi connectivity index (χ4n) is 3.41. The Morgan fingerprint density at radius 3 is 3.00 bits per heavy atom. The van der Waals surface area contributed by atoms with Crippen LogP contribution in [0, 0.1) is 11.3 Å². The first kappa shape index (κ1) is 20.6. The monoisotopic (exact) mass is 429 g/mol. The molecule has 1 aromatic heterocycles. The molecular weight excluding hydrogens is 403 g/mol. The van der Waals surface area contributed by atoms with Gasteiger partial charge < -0.3 is 18.5 Å². The summed E-state index contributed by atoms with van der Waals surface area (Å²) in [4.78, 5) is 31.9. The number of rotatable bonds is 10. The molecule has 2 fully saturated rings. The Hall–Kier alpha value is -1.64. The zero-order chi connectivity index (χ0) is 21.7. The number of nitriles is 1. The molecule has 11 nitrogen and oxygen atoms in total. The molecule has 0 spiro atoms. The molecule has 1 N–H and O–H groups in total. The van der Waals surface area contributed by atoms with Gasteiger partial charge in [-0.05, 0) is 6.90 Å². The molecular formula is C17H25N4O7P. The smallest absolute Gasteiger partial charge is 0.330 e. The van der Waals surface area contributed by atoms with Gasteiger partial charge >= 0.3 is 5.69 Å². The Labute approximate surface area is 170 Å². The number of aromatic amines is 1. The topological polar surface area (TPSA) is 128 Å². The van der Waals surface area contributed by atoms with Gasteiger partial charge in [-0.3, -0.25) is 19.2 Å². The predicted octanol–water partition coefficient (Wildman–Crippen LogP) is 0.343. The number of aromatic nitrogens is 2. The van der Waals surface area contributed by atoms with Crippen molar-refractivity contribution in [2.24, 2.45) is 0 Å². The molecule has 3 rings (SSSR count). The number of hydrogen-bond donors (Lipinski definition) is 1. The lowest BCUT2D eigenvalue weighted by Gasteiger charge is -2.35. The van der Waals surface area contributed by atoms with E-state index in [1.165, 1.54) is 16.8 Å². The number of nitrogens with one attached hydrogen (secondary N) is 1. The lowest BCUT2D eigenvalue weighted by molar-refractivity contribution is -0.249. The Morgan fingerprint density at radius 2 is 2.31 bits per heavy atom. The molecule has 0 saturated carbocycles. The summed E-state index contributed by atoms with van der Waals surface area (Å²) in [7, 11) is 0.205. The minimum absolute atomic E-state index is 0.131. The first-order valence-corrected chi connectivity index (χ1v) is 10.7. The molecule has 5 atom stereocenters. The van der Waals surface area contributed by atoms with Crippen molar-refractivity contribution in [1.29, 1.82) is 5.26 Å². The summed E-state index contributed by atoms with van der Waals surface area (Å²) in [6.07, 6.45) is 0.154. The second-order valence-electron chi connectivity index (χ2n) is 6.69. The molecule has 0 radical (unpaired) electrons. The van der Waals surface area contributed by atoms with Gasteiger partial charge in [-0.25, -0.2) is 4.79 Å². The van der Waals surface area contributed by atoms with Gasteiger partial charge in [-0.15, -0.1) is 0 Å². The Kier molecular flexibility index (Phi) is 6.72. The molecule has 2 aliphatic rings. The lowest BCUT2D eigenvalue weighted by atomic mass is 10.0. The van der Waals surface area contributed by atoms with Crippen LogP contribution < -0.4 is 11.2 Å². The second kappa shape index (κ2) is 9.45. The number of methoxy groups -OCH3 is 1. The van der Waals surface area contributed by atoms with Crippen molar-refractivity contribution < 1.29 is 24.7 Å². The summed E-state index contributed by atoms with van der Waals surface area (Å²) in [5, 5.41) is 10.3. The largest absolute Gasteiger partial charge is 0.382 e. The zero-order valence-corrected chi connectivity index (χ0v) is 17.2. The van der Waals surface area contributed by atoms with E-state index >= 15 is 0 Å². The molecule has 1 aromatic rings. The Morgan fingerprint density at radius 1 is 1.48 bits per heavy atom. The number of hydroxylamine groups is 2. The first-order chi connectivity index (χ1) is 14.5. The van der Waals surface area contributed by atoms with E-state index in [-0.39, 0.29) is 33.1 Å². The van der Waals surface area contributed by atoms with E-state index in [0.29, 0.717) is 6.61 Å². The normalized spacial score (nSPS) is 30.2. The van der Waals surface area contributed by atoms with Gasteiger partial charge in [-0.1, -0.05) is 0 Å². The van der Waals surface area contributed by atoms with Gasteiger partial charge in [0.2, 0.25) is 0 Å². The minimum Gasteiger partial charge on any atom is -0.382 e. The highest BCUT2D eigenvalue weighted by Crippen LogP contribution is 2.52. The van der Waals surface area contributed by atoms with Gasteiger partial charge in [0, 0.05) is 27.4 Å². The third kappa shape index (κ3) is 4.75. The summed E-state index contributed by atoms with van der Waals surface area (Å²) in [6, 6.07) is 2.68. The van der Waals surface area contributed by atoms with E-state index in [2.05, 4.69) is 4.98 Å². The molecule has 160 valence electrons. The molecule has 29 heavy (non-hydrogen) atoms. The molecule has 0 aliphatic carbocycles. The molecule has 0 amide bonds. The molecule has 0 aromatic carbocycles. The van der Waals surface area contributed by atoms with E-state index in [4.69, 9.17) is 30.0 Å². The summed E-state index contributed by atoms with van der Waals surface area (Å²) >= 11 is 0. The van der Waals surface area contributed by atoms with Gasteiger partial charge in [0.25, 0.3) is 5.56 Å². The van der Waals surface area contributed by atoms with E-state index in [0.717, 1.165) is 0 Å². The molecule has 2 bridgehead atoms. The fourth-order valence-corrected chi connectivity index (χ4v) is 4.46. The van der Waals surface area contributed by atoms with Gasteiger partial charge in [0.15, 0.2) is 14.6 Å². The maximum atomic E-state index is 12.4. The Balaban J connectivity index is 1.87. The van der Waals surface area contributed by atoms with Crippen LogP contribution in [0.15, 0.2) is 21.9 Å². The van der Waals surface area contributed by atoms with E-state index < -0.39 is 43.6 Å². The van der Waals surface area contributed by atoms with Crippen LogP contribution in [-0.2, 0) is 23.4 Å². The predicted molar refractivity (Wildman–Crippen MR) is 102 cm³/mol.